The van der Waals surface area contributed by atoms with Crippen LogP contribution in [0.4, 0.5) is 0 Å². The minimum atomic E-state index is 0.234. The topological polar surface area (TPSA) is 40.5 Å². The minimum Gasteiger partial charge on any atom is -0.396 e. The molecule has 0 aliphatic rings. The zero-order chi connectivity index (χ0) is 16.5. The van der Waals surface area contributed by atoms with Crippen molar-refractivity contribution in [3.8, 4) is 0 Å². The Balaban J connectivity index is 4.10. The number of rotatable bonds is 14. The molecule has 0 saturated heterocycles. The van der Waals surface area contributed by atoms with Crippen LogP contribution in [-0.4, -0.2) is 42.0 Å². The van der Waals surface area contributed by atoms with Crippen LogP contribution in [-0.2, 0) is 4.79 Å². The maximum atomic E-state index is 12.0. The number of Topliss-reactive ketones (excluding diaryl/α,β-unsaturated/α-hetero) is 1. The highest BCUT2D eigenvalue weighted by Gasteiger charge is 2.09. The molecule has 0 aromatic heterocycles. The molecule has 0 unspecified atom stereocenters. The predicted molar refractivity (Wildman–Crippen MR) is 95.0 cm³/mol. The van der Waals surface area contributed by atoms with Crippen LogP contribution in [0.1, 0.15) is 52.4 Å². The van der Waals surface area contributed by atoms with Gasteiger partial charge in [0.05, 0.1) is 6.54 Å². The van der Waals surface area contributed by atoms with Gasteiger partial charge in [-0.05, 0) is 39.3 Å². The largest absolute Gasteiger partial charge is 0.396 e. The number of carbonyl (C=O) groups excluding carboxylic acids is 1. The third-order valence-corrected chi connectivity index (χ3v) is 3.37. The van der Waals surface area contributed by atoms with E-state index in [0.29, 0.717) is 13.0 Å². The summed E-state index contributed by atoms with van der Waals surface area (Å²) in [4.78, 5) is 14.3. The lowest BCUT2D eigenvalue weighted by atomic mass is 10.2. The number of carbonyl (C=O) groups is 1. The Labute approximate surface area is 136 Å². The van der Waals surface area contributed by atoms with Crippen LogP contribution in [0.2, 0.25) is 0 Å². The molecule has 0 aliphatic heterocycles. The van der Waals surface area contributed by atoms with Crippen LogP contribution in [0.3, 0.4) is 0 Å². The lowest BCUT2D eigenvalue weighted by Crippen LogP contribution is -2.31. The summed E-state index contributed by atoms with van der Waals surface area (Å²) in [5.41, 5.74) is 0. The number of unbranched alkanes of at least 4 members (excludes halogenated alkanes) is 3. The van der Waals surface area contributed by atoms with E-state index in [1.54, 1.807) is 0 Å². The summed E-state index contributed by atoms with van der Waals surface area (Å²) in [7, 11) is 0. The van der Waals surface area contributed by atoms with Crippen molar-refractivity contribution in [2.45, 2.75) is 52.4 Å². The summed E-state index contributed by atoms with van der Waals surface area (Å²) in [6.07, 6.45) is 17.5. The number of nitrogens with zero attached hydrogens (tertiary/aromatic N) is 1. The van der Waals surface area contributed by atoms with Crippen LogP contribution in [0, 0.1) is 0 Å². The third-order valence-electron chi connectivity index (χ3n) is 3.37. The SMILES string of the molecule is C/C=C/C=C\C=C\CC(=O)CN(CCCCC)CCCCO. The Morgan fingerprint density at radius 2 is 1.68 bits per heavy atom. The molecule has 126 valence electrons. The Morgan fingerprint density at radius 1 is 1.00 bits per heavy atom. The van der Waals surface area contributed by atoms with Crippen molar-refractivity contribution >= 4 is 5.78 Å². The van der Waals surface area contributed by atoms with Gasteiger partial charge in [-0.3, -0.25) is 9.69 Å². The maximum absolute atomic E-state index is 12.0. The van der Waals surface area contributed by atoms with E-state index < -0.39 is 0 Å². The second-order valence-corrected chi connectivity index (χ2v) is 5.50. The van der Waals surface area contributed by atoms with Crippen molar-refractivity contribution in [1.29, 1.82) is 0 Å². The van der Waals surface area contributed by atoms with E-state index in [1.807, 2.05) is 43.4 Å². The van der Waals surface area contributed by atoms with Crippen molar-refractivity contribution in [3.63, 3.8) is 0 Å². The van der Waals surface area contributed by atoms with Gasteiger partial charge in [0.2, 0.25) is 0 Å². The zero-order valence-corrected chi connectivity index (χ0v) is 14.3. The van der Waals surface area contributed by atoms with Crippen molar-refractivity contribution in [1.82, 2.24) is 4.90 Å². The van der Waals surface area contributed by atoms with Gasteiger partial charge in [-0.25, -0.2) is 0 Å². The van der Waals surface area contributed by atoms with E-state index >= 15 is 0 Å². The third kappa shape index (κ3) is 13.8. The lowest BCUT2D eigenvalue weighted by molar-refractivity contribution is -0.119. The van der Waals surface area contributed by atoms with Gasteiger partial charge in [-0.2, -0.15) is 0 Å². The molecule has 0 spiro atoms. The van der Waals surface area contributed by atoms with E-state index in [2.05, 4.69) is 11.8 Å². The van der Waals surface area contributed by atoms with Crippen LogP contribution in [0.5, 0.6) is 0 Å². The van der Waals surface area contributed by atoms with Gasteiger partial charge in [0.25, 0.3) is 0 Å². The van der Waals surface area contributed by atoms with E-state index in [-0.39, 0.29) is 12.4 Å². The number of allylic oxidation sites excluding steroid dienone is 6. The van der Waals surface area contributed by atoms with E-state index in [9.17, 15) is 4.79 Å². The molecule has 0 radical (unpaired) electrons. The smallest absolute Gasteiger partial charge is 0.150 e. The molecule has 0 fully saturated rings. The summed E-state index contributed by atoms with van der Waals surface area (Å²) >= 11 is 0. The summed E-state index contributed by atoms with van der Waals surface area (Å²) < 4.78 is 0. The molecule has 0 amide bonds. The zero-order valence-electron chi connectivity index (χ0n) is 14.3. The number of aliphatic hydroxyl groups is 1. The number of aliphatic hydroxyl groups excluding tert-OH is 1. The average Bonchev–Trinajstić information content (AvgIpc) is 2.51. The second-order valence-electron chi connectivity index (χ2n) is 5.50. The molecule has 0 rings (SSSR count). The molecule has 0 atom stereocenters. The Hall–Kier alpha value is -1.19. The fourth-order valence-electron chi connectivity index (χ4n) is 2.13. The summed E-state index contributed by atoms with van der Waals surface area (Å²) in [6.45, 7) is 6.81. The first kappa shape index (κ1) is 20.8. The molecule has 0 aromatic carbocycles. The first-order chi connectivity index (χ1) is 10.7. The highest BCUT2D eigenvalue weighted by molar-refractivity contribution is 5.81. The predicted octanol–water partition coefficient (Wildman–Crippen LogP) is 3.90. The van der Waals surface area contributed by atoms with Crippen LogP contribution in [0.15, 0.2) is 36.5 Å². The standard InChI is InChI=1S/C19H33NO2/c1-3-5-7-8-9-10-14-19(22)18-20(15-11-6-4-2)16-12-13-17-21/h3,5,7-10,21H,4,6,11-18H2,1-2H3/b5-3+,8-7-,10-9+. The molecule has 1 N–H and O–H groups in total. The van der Waals surface area contributed by atoms with Crippen LogP contribution in [0.25, 0.3) is 0 Å². The van der Waals surface area contributed by atoms with Crippen molar-refractivity contribution in [3.05, 3.63) is 36.5 Å². The molecule has 0 aromatic rings. The van der Waals surface area contributed by atoms with Gasteiger partial charge in [0.1, 0.15) is 0 Å². The molecule has 3 heteroatoms. The molecular weight excluding hydrogens is 274 g/mol. The van der Waals surface area contributed by atoms with E-state index in [1.165, 1.54) is 12.8 Å². The fraction of sp³-hybridized carbons (Fsp3) is 0.632. The molecule has 0 heterocycles. The van der Waals surface area contributed by atoms with Crippen LogP contribution < -0.4 is 0 Å². The van der Waals surface area contributed by atoms with Gasteiger partial charge in [-0.1, -0.05) is 56.2 Å². The Morgan fingerprint density at radius 3 is 2.32 bits per heavy atom. The Bertz CT molecular complexity index is 335. The number of hydrogen-bond acceptors (Lipinski definition) is 3. The quantitative estimate of drug-likeness (QED) is 0.391. The summed E-state index contributed by atoms with van der Waals surface area (Å²) in [6, 6.07) is 0. The van der Waals surface area contributed by atoms with E-state index in [0.717, 1.165) is 32.4 Å². The molecule has 0 aliphatic carbocycles. The second kappa shape index (κ2) is 16.2. The highest BCUT2D eigenvalue weighted by Crippen LogP contribution is 2.02. The fourth-order valence-corrected chi connectivity index (χ4v) is 2.13. The highest BCUT2D eigenvalue weighted by atomic mass is 16.2. The van der Waals surface area contributed by atoms with Crippen LogP contribution >= 0.6 is 0 Å². The number of hydrogen-bond donors (Lipinski definition) is 1. The van der Waals surface area contributed by atoms with Gasteiger partial charge in [0.15, 0.2) is 5.78 Å². The monoisotopic (exact) mass is 307 g/mol. The first-order valence-electron chi connectivity index (χ1n) is 8.54. The Kier molecular flexibility index (Phi) is 15.3. The van der Waals surface area contributed by atoms with Crippen molar-refractivity contribution < 1.29 is 9.90 Å². The van der Waals surface area contributed by atoms with Crippen molar-refractivity contribution in [2.75, 3.05) is 26.2 Å². The maximum Gasteiger partial charge on any atom is 0.150 e. The lowest BCUT2D eigenvalue weighted by Gasteiger charge is -2.21. The van der Waals surface area contributed by atoms with Gasteiger partial charge in [0, 0.05) is 13.0 Å². The first-order valence-corrected chi connectivity index (χ1v) is 8.54. The summed E-state index contributed by atoms with van der Waals surface area (Å²) in [5.74, 6) is 0.260. The van der Waals surface area contributed by atoms with Gasteiger partial charge in [-0.15, -0.1) is 0 Å². The molecule has 0 saturated carbocycles. The summed E-state index contributed by atoms with van der Waals surface area (Å²) in [5, 5.41) is 8.87. The minimum absolute atomic E-state index is 0.234. The number of ketones is 1. The molecule has 0 bridgehead atoms. The average molecular weight is 307 g/mol. The molecule has 3 nitrogen and oxygen atoms in total. The van der Waals surface area contributed by atoms with Crippen molar-refractivity contribution in [2.24, 2.45) is 0 Å². The molecular formula is C19H33NO2. The molecule has 22 heavy (non-hydrogen) atoms. The van der Waals surface area contributed by atoms with Gasteiger partial charge >= 0.3 is 0 Å². The van der Waals surface area contributed by atoms with E-state index in [4.69, 9.17) is 5.11 Å². The normalized spacial score (nSPS) is 12.4. The van der Waals surface area contributed by atoms with Gasteiger partial charge < -0.3 is 5.11 Å².